The zero-order valence-corrected chi connectivity index (χ0v) is 15.0. The highest BCUT2D eigenvalue weighted by atomic mass is 16.5. The number of benzene rings is 2. The van der Waals surface area contributed by atoms with Crippen LogP contribution in [-0.4, -0.2) is 30.1 Å². The number of fused-ring (bicyclic) bond motifs is 5. The summed E-state index contributed by atoms with van der Waals surface area (Å²) in [6.45, 7) is 7.92. The van der Waals surface area contributed by atoms with Crippen LogP contribution >= 0.6 is 0 Å². The summed E-state index contributed by atoms with van der Waals surface area (Å²) in [6.07, 6.45) is 1.25. The number of ether oxygens (including phenoxy) is 1. The van der Waals surface area contributed by atoms with Gasteiger partial charge < -0.3 is 9.64 Å². The maximum absolute atomic E-state index is 6.16. The lowest BCUT2D eigenvalue weighted by Crippen LogP contribution is -2.46. The molecular weight excluding hydrogens is 310 g/mol. The molecule has 2 aromatic carbocycles. The molecule has 4 nitrogen and oxygen atoms in total. The molecule has 2 aliphatic heterocycles. The average molecular weight is 333 g/mol. The van der Waals surface area contributed by atoms with Gasteiger partial charge in [-0.3, -0.25) is 0 Å². The number of aryl methyl sites for hydroxylation is 3. The van der Waals surface area contributed by atoms with Crippen molar-refractivity contribution in [3.63, 3.8) is 0 Å². The number of hydrogen-bond acceptors (Lipinski definition) is 4. The van der Waals surface area contributed by atoms with E-state index >= 15 is 0 Å². The predicted octanol–water partition coefficient (Wildman–Crippen LogP) is 3.70. The zero-order valence-electron chi connectivity index (χ0n) is 15.0. The second-order valence-electron chi connectivity index (χ2n) is 7.47. The van der Waals surface area contributed by atoms with Crippen LogP contribution in [0.25, 0.3) is 0 Å². The van der Waals surface area contributed by atoms with E-state index in [9.17, 15) is 0 Å². The normalized spacial score (nSPS) is 24.0. The minimum Gasteiger partial charge on any atom is -0.367 e. The van der Waals surface area contributed by atoms with E-state index in [1.807, 2.05) is 0 Å². The van der Waals surface area contributed by atoms with Gasteiger partial charge in [-0.05, 0) is 43.0 Å². The van der Waals surface area contributed by atoms with Gasteiger partial charge in [-0.25, -0.2) is 5.01 Å². The smallest absolute Gasteiger partial charge is 0.153 e. The van der Waals surface area contributed by atoms with Crippen LogP contribution in [0.15, 0.2) is 41.5 Å². The highest BCUT2D eigenvalue weighted by Crippen LogP contribution is 2.42. The lowest BCUT2D eigenvalue weighted by Gasteiger charge is -2.37. The first-order valence-electron chi connectivity index (χ1n) is 9.01. The van der Waals surface area contributed by atoms with E-state index in [4.69, 9.17) is 9.84 Å². The van der Waals surface area contributed by atoms with Crippen LogP contribution in [0.5, 0.6) is 0 Å². The Morgan fingerprint density at radius 3 is 2.64 bits per heavy atom. The SMILES string of the molecule is Cc1cc(C)c(N2CN3C(=N2)CO[C@@H]2Cc4ccccc4[C@@H]23)c(C)c1. The van der Waals surface area contributed by atoms with Crippen LogP contribution in [-0.2, 0) is 11.2 Å². The molecule has 3 aliphatic rings. The van der Waals surface area contributed by atoms with Gasteiger partial charge in [-0.1, -0.05) is 42.0 Å². The topological polar surface area (TPSA) is 28.1 Å². The third kappa shape index (κ3) is 2.20. The number of amidine groups is 1. The Hall–Kier alpha value is -2.33. The fraction of sp³-hybridized carbons (Fsp3) is 0.381. The number of anilines is 1. The summed E-state index contributed by atoms with van der Waals surface area (Å²) in [5.41, 5.74) is 7.92. The van der Waals surface area contributed by atoms with Crippen molar-refractivity contribution in [2.75, 3.05) is 18.3 Å². The molecule has 1 saturated heterocycles. The first-order valence-corrected chi connectivity index (χ1v) is 9.01. The number of rotatable bonds is 1. The molecule has 0 spiro atoms. The van der Waals surface area contributed by atoms with Crippen LogP contribution in [0.1, 0.15) is 33.9 Å². The van der Waals surface area contributed by atoms with Crippen molar-refractivity contribution in [2.24, 2.45) is 5.10 Å². The molecule has 0 N–H and O–H groups in total. The first-order chi connectivity index (χ1) is 12.1. The molecule has 1 fully saturated rings. The second-order valence-corrected chi connectivity index (χ2v) is 7.47. The van der Waals surface area contributed by atoms with Crippen molar-refractivity contribution in [3.05, 3.63) is 64.2 Å². The molecule has 1 aliphatic carbocycles. The van der Waals surface area contributed by atoms with Gasteiger partial charge in [-0.2, -0.15) is 5.10 Å². The summed E-state index contributed by atoms with van der Waals surface area (Å²) in [7, 11) is 0. The average Bonchev–Trinajstić information content (AvgIpc) is 3.13. The Bertz CT molecular complexity index is 865. The van der Waals surface area contributed by atoms with Crippen LogP contribution in [0, 0.1) is 20.8 Å². The van der Waals surface area contributed by atoms with Crippen molar-refractivity contribution in [1.29, 1.82) is 0 Å². The molecule has 0 aromatic heterocycles. The van der Waals surface area contributed by atoms with Crippen molar-refractivity contribution >= 4 is 11.5 Å². The Kier molecular flexibility index (Phi) is 3.19. The summed E-state index contributed by atoms with van der Waals surface area (Å²) in [5, 5.41) is 7.07. The standard InChI is InChI=1S/C21H23N3O/c1-13-8-14(2)20(15(3)9-13)24-12-23-19(22-24)11-25-18-10-16-6-4-5-7-17(16)21(18)23/h4-9,18,21H,10-12H2,1-3H3/t18-,21+/m1/s1. The van der Waals surface area contributed by atoms with Crippen LogP contribution in [0.3, 0.4) is 0 Å². The molecule has 0 saturated carbocycles. The van der Waals surface area contributed by atoms with Gasteiger partial charge in [0.2, 0.25) is 0 Å². The van der Waals surface area contributed by atoms with Crippen molar-refractivity contribution in [3.8, 4) is 0 Å². The molecule has 0 bridgehead atoms. The number of morpholine rings is 1. The van der Waals surface area contributed by atoms with Gasteiger partial charge in [0.05, 0.1) is 17.8 Å². The van der Waals surface area contributed by atoms with Gasteiger partial charge in [0, 0.05) is 6.42 Å². The third-order valence-electron chi connectivity index (χ3n) is 5.66. The molecule has 0 unspecified atom stereocenters. The summed E-state index contributed by atoms with van der Waals surface area (Å²) >= 11 is 0. The highest BCUT2D eigenvalue weighted by molar-refractivity contribution is 5.88. The van der Waals surface area contributed by atoms with Crippen molar-refractivity contribution in [1.82, 2.24) is 4.90 Å². The summed E-state index contributed by atoms with van der Waals surface area (Å²) in [6, 6.07) is 13.5. The molecule has 5 rings (SSSR count). The molecule has 2 aromatic rings. The predicted molar refractivity (Wildman–Crippen MR) is 99.9 cm³/mol. The van der Waals surface area contributed by atoms with Gasteiger partial charge in [-0.15, -0.1) is 0 Å². The van der Waals surface area contributed by atoms with E-state index in [0.29, 0.717) is 12.6 Å². The maximum atomic E-state index is 6.16. The highest BCUT2D eigenvalue weighted by Gasteiger charge is 2.45. The monoisotopic (exact) mass is 333 g/mol. The first kappa shape index (κ1) is 15.0. The minimum atomic E-state index is 0.247. The fourth-order valence-corrected chi connectivity index (χ4v) is 4.75. The maximum Gasteiger partial charge on any atom is 0.153 e. The van der Waals surface area contributed by atoms with Crippen molar-refractivity contribution < 1.29 is 4.74 Å². The van der Waals surface area contributed by atoms with E-state index < -0.39 is 0 Å². The molecule has 25 heavy (non-hydrogen) atoms. The molecule has 4 heteroatoms. The molecule has 0 amide bonds. The quantitative estimate of drug-likeness (QED) is 0.796. The van der Waals surface area contributed by atoms with Gasteiger partial charge >= 0.3 is 0 Å². The Labute approximate surface area is 148 Å². The van der Waals surface area contributed by atoms with Crippen LogP contribution in [0.2, 0.25) is 0 Å². The van der Waals surface area contributed by atoms with Crippen LogP contribution < -0.4 is 5.01 Å². The van der Waals surface area contributed by atoms with Gasteiger partial charge in [0.1, 0.15) is 13.3 Å². The number of hydrazone groups is 1. The van der Waals surface area contributed by atoms with Crippen molar-refractivity contribution in [2.45, 2.75) is 39.3 Å². The third-order valence-corrected chi connectivity index (χ3v) is 5.66. The molecule has 0 radical (unpaired) electrons. The van der Waals surface area contributed by atoms with Gasteiger partial charge in [0.15, 0.2) is 5.84 Å². The van der Waals surface area contributed by atoms with E-state index in [1.54, 1.807) is 0 Å². The molecule has 2 atom stereocenters. The van der Waals surface area contributed by atoms with E-state index in [0.717, 1.165) is 18.9 Å². The summed E-state index contributed by atoms with van der Waals surface area (Å²) in [5.74, 6) is 1.05. The largest absolute Gasteiger partial charge is 0.367 e. The van der Waals surface area contributed by atoms with E-state index in [2.05, 4.69) is 67.1 Å². The Morgan fingerprint density at radius 2 is 1.84 bits per heavy atom. The molecule has 128 valence electrons. The second kappa shape index (κ2) is 5.33. The Balaban J connectivity index is 1.52. The minimum absolute atomic E-state index is 0.247. The number of hydrogen-bond donors (Lipinski definition) is 0. The van der Waals surface area contributed by atoms with Crippen LogP contribution in [0.4, 0.5) is 5.69 Å². The lowest BCUT2D eigenvalue weighted by molar-refractivity contribution is 0.00538. The van der Waals surface area contributed by atoms with E-state index in [-0.39, 0.29) is 6.10 Å². The summed E-state index contributed by atoms with van der Waals surface area (Å²) in [4.78, 5) is 2.44. The summed E-state index contributed by atoms with van der Waals surface area (Å²) < 4.78 is 6.16. The van der Waals surface area contributed by atoms with Gasteiger partial charge in [0.25, 0.3) is 0 Å². The van der Waals surface area contributed by atoms with E-state index in [1.165, 1.54) is 33.5 Å². The zero-order chi connectivity index (χ0) is 17.1. The molecule has 2 heterocycles. The fourth-order valence-electron chi connectivity index (χ4n) is 4.75. The Morgan fingerprint density at radius 1 is 1.08 bits per heavy atom. The lowest BCUT2D eigenvalue weighted by atomic mass is 10.0. The number of nitrogens with zero attached hydrogens (tertiary/aromatic N) is 3. The molecular formula is C21H23N3O.